The zero-order valence-corrected chi connectivity index (χ0v) is 13.6. The number of nitrogens with two attached hydrogens (primary N) is 1. The third kappa shape index (κ3) is 4.67. The Kier molecular flexibility index (Phi) is 6.99. The maximum absolute atomic E-state index is 12.5. The number of hydrogen-bond acceptors (Lipinski definition) is 4. The second-order valence-corrected chi connectivity index (χ2v) is 5.23. The van der Waals surface area contributed by atoms with Gasteiger partial charge in [-0.2, -0.15) is 0 Å². The Morgan fingerprint density at radius 2 is 1.91 bits per heavy atom. The first-order valence-electron chi connectivity index (χ1n) is 7.17. The molecule has 8 heteroatoms. The first kappa shape index (κ1) is 18.9. The van der Waals surface area contributed by atoms with Gasteiger partial charge in [0, 0.05) is 11.7 Å². The van der Waals surface area contributed by atoms with Gasteiger partial charge in [-0.15, -0.1) is 12.4 Å². The van der Waals surface area contributed by atoms with Gasteiger partial charge in [0.1, 0.15) is 6.04 Å². The molecule has 0 aromatic heterocycles. The number of rotatable bonds is 5. The number of benzene rings is 1. The molecule has 1 aliphatic rings. The molecule has 7 nitrogen and oxygen atoms in total. The molecule has 126 valence electrons. The van der Waals surface area contributed by atoms with Crippen molar-refractivity contribution in [2.45, 2.75) is 25.4 Å². The van der Waals surface area contributed by atoms with Crippen LogP contribution in [0.15, 0.2) is 30.3 Å². The molecule has 1 saturated heterocycles. The van der Waals surface area contributed by atoms with Gasteiger partial charge in [0.05, 0.1) is 13.1 Å². The second-order valence-electron chi connectivity index (χ2n) is 5.23. The summed E-state index contributed by atoms with van der Waals surface area (Å²) in [6.45, 7) is 1.58. The van der Waals surface area contributed by atoms with Gasteiger partial charge in [0.2, 0.25) is 17.7 Å². The van der Waals surface area contributed by atoms with Crippen LogP contribution in [0.25, 0.3) is 0 Å². The van der Waals surface area contributed by atoms with Crippen molar-refractivity contribution in [2.75, 3.05) is 18.0 Å². The summed E-state index contributed by atoms with van der Waals surface area (Å²) in [5.41, 5.74) is 5.95. The molecule has 0 radical (unpaired) electrons. The van der Waals surface area contributed by atoms with E-state index in [4.69, 9.17) is 5.73 Å². The van der Waals surface area contributed by atoms with E-state index < -0.39 is 17.9 Å². The van der Waals surface area contributed by atoms with Crippen molar-refractivity contribution in [2.24, 2.45) is 5.73 Å². The topological polar surface area (TPSA) is 105 Å². The second kappa shape index (κ2) is 8.50. The van der Waals surface area contributed by atoms with E-state index >= 15 is 0 Å². The minimum absolute atomic E-state index is 0. The summed E-state index contributed by atoms with van der Waals surface area (Å²) in [5.74, 6) is -0.952. The average Bonchev–Trinajstić information content (AvgIpc) is 2.79. The Morgan fingerprint density at radius 1 is 1.26 bits per heavy atom. The Bertz CT molecular complexity index is 567. The molecule has 1 heterocycles. The standard InChI is InChI=1S/C15H20N4O3.ClH/c1-10-7-12(18-14(21)9-17-13(20)8-16)15(22)19(10)11-5-3-2-4-6-11;/h2-6,10,12H,7-9,16H2,1H3,(H,17,20)(H,18,21);1H. The number of para-hydroxylation sites is 1. The van der Waals surface area contributed by atoms with Crippen molar-refractivity contribution < 1.29 is 14.4 Å². The third-order valence-corrected chi connectivity index (χ3v) is 3.55. The summed E-state index contributed by atoms with van der Waals surface area (Å²) < 4.78 is 0. The lowest BCUT2D eigenvalue weighted by atomic mass is 10.2. The SMILES string of the molecule is CC1CC(NC(=O)CNC(=O)CN)C(=O)N1c1ccccc1.Cl. The number of nitrogens with one attached hydrogen (secondary N) is 2. The third-order valence-electron chi connectivity index (χ3n) is 3.55. The van der Waals surface area contributed by atoms with E-state index in [9.17, 15) is 14.4 Å². The van der Waals surface area contributed by atoms with E-state index in [1.54, 1.807) is 4.90 Å². The first-order chi connectivity index (χ1) is 10.5. The monoisotopic (exact) mass is 340 g/mol. The largest absolute Gasteiger partial charge is 0.346 e. The predicted molar refractivity (Wildman–Crippen MR) is 89.2 cm³/mol. The summed E-state index contributed by atoms with van der Waals surface area (Å²) >= 11 is 0. The van der Waals surface area contributed by atoms with Crippen LogP contribution in [0.2, 0.25) is 0 Å². The van der Waals surface area contributed by atoms with Gasteiger partial charge in [-0.05, 0) is 25.5 Å². The molecule has 1 aromatic carbocycles. The lowest BCUT2D eigenvalue weighted by molar-refractivity contribution is -0.127. The normalized spacial score (nSPS) is 19.9. The van der Waals surface area contributed by atoms with E-state index in [0.29, 0.717) is 6.42 Å². The summed E-state index contributed by atoms with van der Waals surface area (Å²) in [4.78, 5) is 36.9. The highest BCUT2D eigenvalue weighted by atomic mass is 35.5. The van der Waals surface area contributed by atoms with E-state index in [2.05, 4.69) is 10.6 Å². The fourth-order valence-corrected chi connectivity index (χ4v) is 2.52. The van der Waals surface area contributed by atoms with Crippen LogP contribution < -0.4 is 21.3 Å². The Hall–Kier alpha value is -2.12. The fraction of sp³-hybridized carbons (Fsp3) is 0.400. The van der Waals surface area contributed by atoms with Crippen LogP contribution in [-0.2, 0) is 14.4 Å². The number of carbonyl (C=O) groups excluding carboxylic acids is 3. The van der Waals surface area contributed by atoms with Crippen LogP contribution in [0.4, 0.5) is 5.69 Å². The van der Waals surface area contributed by atoms with Gasteiger partial charge < -0.3 is 21.3 Å². The first-order valence-corrected chi connectivity index (χ1v) is 7.17. The lowest BCUT2D eigenvalue weighted by Gasteiger charge is -2.21. The van der Waals surface area contributed by atoms with E-state index in [1.807, 2.05) is 37.3 Å². The molecular formula is C15H21ClN4O3. The number of halogens is 1. The molecule has 2 atom stereocenters. The van der Waals surface area contributed by atoms with Gasteiger partial charge in [-0.25, -0.2) is 0 Å². The van der Waals surface area contributed by atoms with Crippen molar-refractivity contribution in [3.05, 3.63) is 30.3 Å². The lowest BCUT2D eigenvalue weighted by Crippen LogP contribution is -2.46. The predicted octanol–water partition coefficient (Wildman–Crippen LogP) is -0.207. The zero-order chi connectivity index (χ0) is 16.1. The van der Waals surface area contributed by atoms with Crippen LogP contribution in [0.3, 0.4) is 0 Å². The molecule has 4 N–H and O–H groups in total. The van der Waals surface area contributed by atoms with Crippen LogP contribution in [0.5, 0.6) is 0 Å². The van der Waals surface area contributed by atoms with Crippen LogP contribution in [0, 0.1) is 0 Å². The minimum atomic E-state index is -0.572. The minimum Gasteiger partial charge on any atom is -0.346 e. The van der Waals surface area contributed by atoms with Gasteiger partial charge >= 0.3 is 0 Å². The van der Waals surface area contributed by atoms with Crippen molar-refractivity contribution in [1.29, 1.82) is 0 Å². The maximum atomic E-state index is 12.5. The molecule has 0 aliphatic carbocycles. The summed E-state index contributed by atoms with van der Waals surface area (Å²) in [5, 5.41) is 5.03. The number of hydrogen-bond donors (Lipinski definition) is 3. The fourth-order valence-electron chi connectivity index (χ4n) is 2.52. The van der Waals surface area contributed by atoms with E-state index in [0.717, 1.165) is 5.69 Å². The molecule has 0 spiro atoms. The van der Waals surface area contributed by atoms with E-state index in [-0.39, 0.29) is 37.4 Å². The van der Waals surface area contributed by atoms with Gasteiger partial charge in [-0.1, -0.05) is 18.2 Å². The number of carbonyl (C=O) groups is 3. The molecule has 0 bridgehead atoms. The molecule has 1 fully saturated rings. The summed E-state index contributed by atoms with van der Waals surface area (Å²) in [6.07, 6.45) is 0.532. The highest BCUT2D eigenvalue weighted by molar-refractivity contribution is 6.02. The van der Waals surface area contributed by atoms with Gasteiger partial charge in [-0.3, -0.25) is 14.4 Å². The number of amides is 3. The van der Waals surface area contributed by atoms with Gasteiger partial charge in [0.25, 0.3) is 0 Å². The number of nitrogens with zero attached hydrogens (tertiary/aromatic N) is 1. The molecule has 3 amide bonds. The number of anilines is 1. The molecular weight excluding hydrogens is 320 g/mol. The highest BCUT2D eigenvalue weighted by Gasteiger charge is 2.38. The Labute approximate surface area is 141 Å². The van der Waals surface area contributed by atoms with Crippen molar-refractivity contribution in [1.82, 2.24) is 10.6 Å². The van der Waals surface area contributed by atoms with E-state index in [1.165, 1.54) is 0 Å². The molecule has 1 aliphatic heterocycles. The Balaban J connectivity index is 0.00000264. The van der Waals surface area contributed by atoms with Crippen LogP contribution in [0.1, 0.15) is 13.3 Å². The highest BCUT2D eigenvalue weighted by Crippen LogP contribution is 2.26. The smallest absolute Gasteiger partial charge is 0.249 e. The van der Waals surface area contributed by atoms with Crippen LogP contribution in [-0.4, -0.2) is 42.9 Å². The molecule has 1 aromatic rings. The average molecular weight is 341 g/mol. The molecule has 2 unspecified atom stereocenters. The Morgan fingerprint density at radius 3 is 2.52 bits per heavy atom. The van der Waals surface area contributed by atoms with Crippen LogP contribution >= 0.6 is 12.4 Å². The quantitative estimate of drug-likeness (QED) is 0.690. The molecule has 23 heavy (non-hydrogen) atoms. The van der Waals surface area contributed by atoms with Crippen molar-refractivity contribution in [3.8, 4) is 0 Å². The molecule has 0 saturated carbocycles. The zero-order valence-electron chi connectivity index (χ0n) is 12.8. The molecule has 2 rings (SSSR count). The van der Waals surface area contributed by atoms with Crippen molar-refractivity contribution >= 4 is 35.8 Å². The van der Waals surface area contributed by atoms with Crippen molar-refractivity contribution in [3.63, 3.8) is 0 Å². The maximum Gasteiger partial charge on any atom is 0.249 e. The van der Waals surface area contributed by atoms with Gasteiger partial charge in [0.15, 0.2) is 0 Å². The summed E-state index contributed by atoms with van der Waals surface area (Å²) in [6, 6.07) is 8.76. The summed E-state index contributed by atoms with van der Waals surface area (Å²) in [7, 11) is 0.